The lowest BCUT2D eigenvalue weighted by Crippen LogP contribution is -2.40. The van der Waals surface area contributed by atoms with Gasteiger partial charge in [0.1, 0.15) is 0 Å². The molecule has 1 heterocycles. The maximum atomic E-state index is 12.4. The number of carbonyl (C=O) groups excluding carboxylic acids is 1. The Hall–Kier alpha value is -1.55. The lowest BCUT2D eigenvalue weighted by atomic mass is 10.1. The standard InChI is InChI=1S/C17H26N2O2/c1-3-11-18(4-2)15-7-5-14(6-8-15)17(21)19-12-9-16(20)10-13-19/h5-8,16,20H,3-4,9-13H2,1-2H3. The highest BCUT2D eigenvalue weighted by atomic mass is 16.3. The third-order valence-corrected chi connectivity index (χ3v) is 4.11. The van der Waals surface area contributed by atoms with E-state index in [2.05, 4.69) is 18.7 Å². The Morgan fingerprint density at radius 3 is 2.38 bits per heavy atom. The quantitative estimate of drug-likeness (QED) is 0.906. The summed E-state index contributed by atoms with van der Waals surface area (Å²) in [4.78, 5) is 16.6. The number of aliphatic hydroxyl groups excluding tert-OH is 1. The lowest BCUT2D eigenvalue weighted by Gasteiger charge is -2.30. The number of hydrogen-bond acceptors (Lipinski definition) is 3. The van der Waals surface area contributed by atoms with E-state index in [1.165, 1.54) is 5.69 Å². The van der Waals surface area contributed by atoms with Crippen LogP contribution in [0, 0.1) is 0 Å². The summed E-state index contributed by atoms with van der Waals surface area (Å²) >= 11 is 0. The second-order valence-corrected chi connectivity index (χ2v) is 5.65. The fourth-order valence-corrected chi connectivity index (χ4v) is 2.81. The Labute approximate surface area is 127 Å². The number of aliphatic hydroxyl groups is 1. The number of anilines is 1. The van der Waals surface area contributed by atoms with Crippen molar-refractivity contribution < 1.29 is 9.90 Å². The SMILES string of the molecule is CCCN(CC)c1ccc(C(=O)N2CCC(O)CC2)cc1. The normalized spacial score (nSPS) is 16.0. The molecule has 0 bridgehead atoms. The van der Waals surface area contributed by atoms with Gasteiger partial charge in [-0.05, 0) is 50.5 Å². The van der Waals surface area contributed by atoms with Gasteiger partial charge in [0.05, 0.1) is 6.10 Å². The maximum Gasteiger partial charge on any atom is 0.253 e. The predicted octanol–water partition coefficient (Wildman–Crippen LogP) is 2.52. The van der Waals surface area contributed by atoms with E-state index >= 15 is 0 Å². The molecule has 0 saturated carbocycles. The van der Waals surface area contributed by atoms with Crippen molar-refractivity contribution in [2.45, 2.75) is 39.2 Å². The number of carbonyl (C=O) groups is 1. The van der Waals surface area contributed by atoms with Crippen LogP contribution in [0.4, 0.5) is 5.69 Å². The Morgan fingerprint density at radius 2 is 1.86 bits per heavy atom. The van der Waals surface area contributed by atoms with Crippen molar-refractivity contribution in [2.24, 2.45) is 0 Å². The first-order valence-electron chi connectivity index (χ1n) is 7.98. The number of likely N-dealkylation sites (tertiary alicyclic amines) is 1. The van der Waals surface area contributed by atoms with E-state index in [0.29, 0.717) is 25.9 Å². The van der Waals surface area contributed by atoms with Crippen LogP contribution in [0.1, 0.15) is 43.5 Å². The van der Waals surface area contributed by atoms with Gasteiger partial charge in [0.25, 0.3) is 5.91 Å². The fourth-order valence-electron chi connectivity index (χ4n) is 2.81. The Morgan fingerprint density at radius 1 is 1.24 bits per heavy atom. The molecular weight excluding hydrogens is 264 g/mol. The van der Waals surface area contributed by atoms with Crippen LogP contribution in [0.2, 0.25) is 0 Å². The molecule has 0 unspecified atom stereocenters. The topological polar surface area (TPSA) is 43.8 Å². The summed E-state index contributed by atoms with van der Waals surface area (Å²) in [6.45, 7) is 7.63. The van der Waals surface area contributed by atoms with E-state index in [1.807, 2.05) is 29.2 Å². The van der Waals surface area contributed by atoms with Crippen LogP contribution in [0.25, 0.3) is 0 Å². The third kappa shape index (κ3) is 3.97. The number of hydrogen-bond donors (Lipinski definition) is 1. The molecule has 21 heavy (non-hydrogen) atoms. The van der Waals surface area contributed by atoms with Crippen LogP contribution in [-0.4, -0.2) is 48.2 Å². The second-order valence-electron chi connectivity index (χ2n) is 5.65. The summed E-state index contributed by atoms with van der Waals surface area (Å²) in [6.07, 6.45) is 2.24. The van der Waals surface area contributed by atoms with Crippen LogP contribution < -0.4 is 4.90 Å². The molecule has 1 fully saturated rings. The van der Waals surface area contributed by atoms with E-state index in [0.717, 1.165) is 25.1 Å². The lowest BCUT2D eigenvalue weighted by molar-refractivity contribution is 0.0546. The van der Waals surface area contributed by atoms with Crippen molar-refractivity contribution in [3.05, 3.63) is 29.8 Å². The molecule has 1 N–H and O–H groups in total. The van der Waals surface area contributed by atoms with E-state index in [4.69, 9.17) is 0 Å². The van der Waals surface area contributed by atoms with Crippen LogP contribution in [0.15, 0.2) is 24.3 Å². The minimum absolute atomic E-state index is 0.0759. The monoisotopic (exact) mass is 290 g/mol. The van der Waals surface area contributed by atoms with E-state index in [1.54, 1.807) is 0 Å². The largest absolute Gasteiger partial charge is 0.393 e. The number of amides is 1. The number of nitrogens with zero attached hydrogens (tertiary/aromatic N) is 2. The molecule has 0 aliphatic carbocycles. The van der Waals surface area contributed by atoms with Crippen molar-refractivity contribution in [2.75, 3.05) is 31.1 Å². The molecular formula is C17H26N2O2. The smallest absolute Gasteiger partial charge is 0.253 e. The second kappa shape index (κ2) is 7.46. The summed E-state index contributed by atoms with van der Waals surface area (Å²) in [5.74, 6) is 0.0759. The molecule has 116 valence electrons. The van der Waals surface area contributed by atoms with Gasteiger partial charge in [-0.25, -0.2) is 0 Å². The van der Waals surface area contributed by atoms with Gasteiger partial charge in [-0.2, -0.15) is 0 Å². The highest BCUT2D eigenvalue weighted by Gasteiger charge is 2.22. The molecule has 2 rings (SSSR count). The Balaban J connectivity index is 2.02. The molecule has 1 saturated heterocycles. The first-order valence-corrected chi connectivity index (χ1v) is 7.98. The maximum absolute atomic E-state index is 12.4. The molecule has 0 atom stereocenters. The van der Waals surface area contributed by atoms with Crippen molar-refractivity contribution in [1.82, 2.24) is 4.90 Å². The van der Waals surface area contributed by atoms with E-state index < -0.39 is 0 Å². The minimum Gasteiger partial charge on any atom is -0.393 e. The van der Waals surface area contributed by atoms with Crippen molar-refractivity contribution >= 4 is 11.6 Å². The van der Waals surface area contributed by atoms with Gasteiger partial charge < -0.3 is 14.9 Å². The first kappa shape index (κ1) is 15.8. The van der Waals surface area contributed by atoms with Gasteiger partial charge in [-0.15, -0.1) is 0 Å². The van der Waals surface area contributed by atoms with Crippen molar-refractivity contribution in [1.29, 1.82) is 0 Å². The Bertz CT molecular complexity index is 450. The zero-order valence-electron chi connectivity index (χ0n) is 13.1. The van der Waals surface area contributed by atoms with Gasteiger partial charge in [0.15, 0.2) is 0 Å². The highest BCUT2D eigenvalue weighted by molar-refractivity contribution is 5.94. The third-order valence-electron chi connectivity index (χ3n) is 4.11. The molecule has 0 aromatic heterocycles. The van der Waals surface area contributed by atoms with Crippen LogP contribution >= 0.6 is 0 Å². The number of piperidine rings is 1. The molecule has 1 aliphatic rings. The van der Waals surface area contributed by atoms with Crippen LogP contribution in [-0.2, 0) is 0 Å². The molecule has 0 radical (unpaired) electrons. The fraction of sp³-hybridized carbons (Fsp3) is 0.588. The minimum atomic E-state index is -0.247. The predicted molar refractivity (Wildman–Crippen MR) is 85.8 cm³/mol. The van der Waals surface area contributed by atoms with Crippen molar-refractivity contribution in [3.8, 4) is 0 Å². The summed E-state index contributed by atoms with van der Waals surface area (Å²) in [5.41, 5.74) is 1.91. The van der Waals surface area contributed by atoms with Gasteiger partial charge in [0, 0.05) is 37.4 Å². The summed E-state index contributed by atoms with van der Waals surface area (Å²) in [6, 6.07) is 7.90. The molecule has 1 aromatic carbocycles. The van der Waals surface area contributed by atoms with Gasteiger partial charge in [-0.3, -0.25) is 4.79 Å². The molecule has 0 spiro atoms. The zero-order chi connectivity index (χ0) is 15.2. The summed E-state index contributed by atoms with van der Waals surface area (Å²) in [5, 5.41) is 9.51. The Kier molecular flexibility index (Phi) is 5.62. The first-order chi connectivity index (χ1) is 10.2. The molecule has 4 nitrogen and oxygen atoms in total. The molecule has 1 aliphatic heterocycles. The van der Waals surface area contributed by atoms with Gasteiger partial charge in [-0.1, -0.05) is 6.92 Å². The molecule has 1 aromatic rings. The van der Waals surface area contributed by atoms with E-state index in [9.17, 15) is 9.90 Å². The molecule has 1 amide bonds. The van der Waals surface area contributed by atoms with E-state index in [-0.39, 0.29) is 12.0 Å². The molecule has 4 heteroatoms. The highest BCUT2D eigenvalue weighted by Crippen LogP contribution is 2.18. The van der Waals surface area contributed by atoms with Gasteiger partial charge in [0.2, 0.25) is 0 Å². The average Bonchev–Trinajstić information content (AvgIpc) is 2.53. The average molecular weight is 290 g/mol. The van der Waals surface area contributed by atoms with Crippen LogP contribution in [0.3, 0.4) is 0 Å². The van der Waals surface area contributed by atoms with Crippen molar-refractivity contribution in [3.63, 3.8) is 0 Å². The summed E-state index contributed by atoms with van der Waals surface area (Å²) < 4.78 is 0. The van der Waals surface area contributed by atoms with Gasteiger partial charge >= 0.3 is 0 Å². The number of rotatable bonds is 5. The summed E-state index contributed by atoms with van der Waals surface area (Å²) in [7, 11) is 0. The number of benzene rings is 1. The van der Waals surface area contributed by atoms with Crippen LogP contribution in [0.5, 0.6) is 0 Å². The zero-order valence-corrected chi connectivity index (χ0v) is 13.1.